The Bertz CT molecular complexity index is 450. The van der Waals surface area contributed by atoms with Crippen LogP contribution >= 0.6 is 0 Å². The van der Waals surface area contributed by atoms with Crippen molar-refractivity contribution >= 4 is 11.6 Å². The lowest BCUT2D eigenvalue weighted by atomic mass is 10.1. The highest BCUT2D eigenvalue weighted by Crippen LogP contribution is 2.23. The molecule has 1 heterocycles. The maximum atomic E-state index is 8.66. The molecule has 2 rings (SSSR count). The molecule has 0 aromatic heterocycles. The van der Waals surface area contributed by atoms with Gasteiger partial charge >= 0.3 is 0 Å². The van der Waals surface area contributed by atoms with Gasteiger partial charge in [0.15, 0.2) is 0 Å². The number of aryl methyl sites for hydroxylation is 1. The van der Waals surface area contributed by atoms with Gasteiger partial charge in [-0.1, -0.05) is 17.3 Å². The lowest BCUT2D eigenvalue weighted by Crippen LogP contribution is -2.51. The third-order valence-corrected chi connectivity index (χ3v) is 3.62. The zero-order valence-electron chi connectivity index (χ0n) is 10.9. The van der Waals surface area contributed by atoms with Crippen molar-refractivity contribution in [2.24, 2.45) is 10.9 Å². The number of piperazine rings is 1. The minimum Gasteiger partial charge on any atom is -0.408 e. The van der Waals surface area contributed by atoms with Crippen molar-refractivity contribution in [2.75, 3.05) is 31.1 Å². The number of rotatable bonds is 1. The summed E-state index contributed by atoms with van der Waals surface area (Å²) < 4.78 is 0. The Morgan fingerprint density at radius 1 is 1.22 bits per heavy atom. The van der Waals surface area contributed by atoms with Crippen LogP contribution in [0.4, 0.5) is 5.69 Å². The zero-order valence-corrected chi connectivity index (χ0v) is 10.9. The Hall–Kier alpha value is -1.91. The Balaban J connectivity index is 2.08. The highest BCUT2D eigenvalue weighted by atomic mass is 16.4. The van der Waals surface area contributed by atoms with Gasteiger partial charge in [-0.3, -0.25) is 0 Å². The molecule has 18 heavy (non-hydrogen) atoms. The average molecular weight is 248 g/mol. The van der Waals surface area contributed by atoms with Crippen LogP contribution in [0.3, 0.4) is 0 Å². The third-order valence-electron chi connectivity index (χ3n) is 3.62. The number of nitrogens with two attached hydrogens (primary N) is 1. The van der Waals surface area contributed by atoms with Crippen LogP contribution in [0, 0.1) is 13.8 Å². The standard InChI is InChI=1S/C13H20N4O/c1-10-4-3-5-12(11(10)2)16-6-8-17(9-7-16)13(14)15-18/h3-5,18H,6-9H2,1-2H3,(H2,14,15). The summed E-state index contributed by atoms with van der Waals surface area (Å²) in [5.74, 6) is 0.204. The van der Waals surface area contributed by atoms with Crippen LogP contribution in [0.2, 0.25) is 0 Å². The van der Waals surface area contributed by atoms with E-state index in [0.29, 0.717) is 0 Å². The van der Waals surface area contributed by atoms with E-state index in [2.05, 4.69) is 42.1 Å². The molecule has 0 radical (unpaired) electrons. The zero-order chi connectivity index (χ0) is 13.1. The summed E-state index contributed by atoms with van der Waals surface area (Å²) in [7, 11) is 0. The van der Waals surface area contributed by atoms with Gasteiger partial charge in [0.05, 0.1) is 0 Å². The van der Waals surface area contributed by atoms with Crippen LogP contribution in [0.15, 0.2) is 23.4 Å². The summed E-state index contributed by atoms with van der Waals surface area (Å²) in [4.78, 5) is 4.24. The van der Waals surface area contributed by atoms with Crippen LogP contribution in [-0.4, -0.2) is 42.2 Å². The van der Waals surface area contributed by atoms with Crippen LogP contribution in [0.5, 0.6) is 0 Å². The molecule has 0 unspecified atom stereocenters. The molecule has 1 saturated heterocycles. The Morgan fingerprint density at radius 3 is 2.50 bits per heavy atom. The Labute approximate surface area is 107 Å². The fraction of sp³-hybridized carbons (Fsp3) is 0.462. The lowest BCUT2D eigenvalue weighted by Gasteiger charge is -2.37. The minimum atomic E-state index is 0.204. The molecule has 1 aliphatic heterocycles. The topological polar surface area (TPSA) is 65.1 Å². The summed E-state index contributed by atoms with van der Waals surface area (Å²) >= 11 is 0. The van der Waals surface area contributed by atoms with Gasteiger partial charge in [0.1, 0.15) is 0 Å². The lowest BCUT2D eigenvalue weighted by molar-refractivity contribution is 0.293. The molecule has 1 aliphatic rings. The Morgan fingerprint density at radius 2 is 1.89 bits per heavy atom. The summed E-state index contributed by atoms with van der Waals surface area (Å²) in [6.45, 7) is 7.62. The molecule has 5 nitrogen and oxygen atoms in total. The molecule has 0 spiro atoms. The van der Waals surface area contributed by atoms with E-state index in [4.69, 9.17) is 10.9 Å². The molecule has 0 atom stereocenters. The number of hydrogen-bond donors (Lipinski definition) is 2. The van der Waals surface area contributed by atoms with E-state index in [1.807, 2.05) is 4.90 Å². The summed E-state index contributed by atoms with van der Waals surface area (Å²) in [6, 6.07) is 6.38. The largest absolute Gasteiger partial charge is 0.408 e. The smallest absolute Gasteiger partial charge is 0.233 e. The van der Waals surface area contributed by atoms with Gasteiger partial charge in [0, 0.05) is 31.9 Å². The highest BCUT2D eigenvalue weighted by molar-refractivity contribution is 5.77. The van der Waals surface area contributed by atoms with Gasteiger partial charge in [-0.15, -0.1) is 0 Å². The number of benzene rings is 1. The van der Waals surface area contributed by atoms with Crippen molar-refractivity contribution in [1.29, 1.82) is 0 Å². The maximum absolute atomic E-state index is 8.66. The van der Waals surface area contributed by atoms with Crippen LogP contribution < -0.4 is 10.6 Å². The second-order valence-corrected chi connectivity index (χ2v) is 4.65. The average Bonchev–Trinajstić information content (AvgIpc) is 2.41. The predicted octanol–water partition coefficient (Wildman–Crippen LogP) is 1.13. The van der Waals surface area contributed by atoms with E-state index >= 15 is 0 Å². The van der Waals surface area contributed by atoms with Gasteiger partial charge in [-0.25, -0.2) is 0 Å². The summed E-state index contributed by atoms with van der Waals surface area (Å²) in [5.41, 5.74) is 9.52. The molecular formula is C13H20N4O. The minimum absolute atomic E-state index is 0.204. The molecule has 98 valence electrons. The first-order valence-corrected chi connectivity index (χ1v) is 6.17. The SMILES string of the molecule is Cc1cccc(N2CCN(C(N)=NO)CC2)c1C. The van der Waals surface area contributed by atoms with E-state index in [1.54, 1.807) is 0 Å². The van der Waals surface area contributed by atoms with E-state index < -0.39 is 0 Å². The van der Waals surface area contributed by atoms with E-state index in [0.717, 1.165) is 26.2 Å². The molecule has 0 aliphatic carbocycles. The normalized spacial score (nSPS) is 17.1. The van der Waals surface area contributed by atoms with Crippen LogP contribution in [0.1, 0.15) is 11.1 Å². The third kappa shape index (κ3) is 2.34. The second-order valence-electron chi connectivity index (χ2n) is 4.65. The first kappa shape index (κ1) is 12.5. The monoisotopic (exact) mass is 248 g/mol. The molecule has 3 N–H and O–H groups in total. The van der Waals surface area contributed by atoms with Crippen LogP contribution in [-0.2, 0) is 0 Å². The number of oxime groups is 1. The second kappa shape index (κ2) is 5.16. The van der Waals surface area contributed by atoms with E-state index in [9.17, 15) is 0 Å². The molecule has 0 amide bonds. The first-order chi connectivity index (χ1) is 8.63. The maximum Gasteiger partial charge on any atom is 0.233 e. The fourth-order valence-electron chi connectivity index (χ4n) is 2.32. The number of nitrogens with zero attached hydrogens (tertiary/aromatic N) is 3. The predicted molar refractivity (Wildman–Crippen MR) is 73.1 cm³/mol. The summed E-state index contributed by atoms with van der Waals surface area (Å²) in [6.07, 6.45) is 0. The van der Waals surface area contributed by atoms with Crippen molar-refractivity contribution in [3.05, 3.63) is 29.3 Å². The molecule has 1 aromatic carbocycles. The van der Waals surface area contributed by atoms with Crippen molar-refractivity contribution in [1.82, 2.24) is 4.90 Å². The van der Waals surface area contributed by atoms with Gasteiger partial charge in [0.25, 0.3) is 0 Å². The highest BCUT2D eigenvalue weighted by Gasteiger charge is 2.19. The fourth-order valence-corrected chi connectivity index (χ4v) is 2.32. The van der Waals surface area contributed by atoms with E-state index in [-0.39, 0.29) is 5.96 Å². The van der Waals surface area contributed by atoms with Gasteiger partial charge in [0.2, 0.25) is 5.96 Å². The first-order valence-electron chi connectivity index (χ1n) is 6.17. The van der Waals surface area contributed by atoms with Crippen molar-refractivity contribution in [3.63, 3.8) is 0 Å². The molecular weight excluding hydrogens is 228 g/mol. The van der Waals surface area contributed by atoms with E-state index in [1.165, 1.54) is 16.8 Å². The molecule has 1 fully saturated rings. The van der Waals surface area contributed by atoms with Crippen molar-refractivity contribution < 1.29 is 5.21 Å². The number of anilines is 1. The van der Waals surface area contributed by atoms with Crippen molar-refractivity contribution in [2.45, 2.75) is 13.8 Å². The summed E-state index contributed by atoms with van der Waals surface area (Å²) in [5, 5.41) is 11.7. The van der Waals surface area contributed by atoms with Crippen LogP contribution in [0.25, 0.3) is 0 Å². The van der Waals surface area contributed by atoms with Gasteiger partial charge in [-0.2, -0.15) is 0 Å². The molecule has 0 saturated carbocycles. The number of hydrogen-bond acceptors (Lipinski definition) is 3. The number of guanidine groups is 1. The Kier molecular flexibility index (Phi) is 3.60. The van der Waals surface area contributed by atoms with Crippen molar-refractivity contribution in [3.8, 4) is 0 Å². The quantitative estimate of drug-likeness (QED) is 0.338. The molecule has 1 aromatic rings. The van der Waals surface area contributed by atoms with Gasteiger partial charge in [-0.05, 0) is 31.0 Å². The molecule has 0 bridgehead atoms. The molecule has 5 heteroatoms. The van der Waals surface area contributed by atoms with Gasteiger partial charge < -0.3 is 20.7 Å².